The largest absolute Gasteiger partial charge is 0.309 e. The molecule has 0 rings (SSSR count). The lowest BCUT2D eigenvalue weighted by atomic mass is 10.5. The smallest absolute Gasteiger partial charge is 0.134 e. The Morgan fingerprint density at radius 2 is 2.38 bits per heavy atom. The van der Waals surface area contributed by atoms with Gasteiger partial charge in [0.15, 0.2) is 0 Å². The first-order valence-electron chi connectivity index (χ1n) is 2.41. The van der Waals surface area contributed by atoms with Crippen molar-refractivity contribution in [3.8, 4) is 0 Å². The molecule has 0 unspecified atom stereocenters. The molecule has 3 nitrogen and oxygen atoms in total. The number of hydrogen-bond donors (Lipinski definition) is 2. The fourth-order valence-corrected chi connectivity index (χ4v) is 0.345. The number of amidine groups is 1. The first kappa shape index (κ1) is 7.17. The van der Waals surface area contributed by atoms with Gasteiger partial charge < -0.3 is 5.43 Å². The van der Waals surface area contributed by atoms with Crippen LogP contribution in [0.2, 0.25) is 0 Å². The summed E-state index contributed by atoms with van der Waals surface area (Å²) in [6.07, 6.45) is 3.65. The summed E-state index contributed by atoms with van der Waals surface area (Å²) in [7, 11) is 1.68. The fraction of sp³-hybridized carbons (Fsp3) is 0.400. The lowest BCUT2D eigenvalue weighted by Crippen LogP contribution is -2.28. The van der Waals surface area contributed by atoms with Gasteiger partial charge in [-0.25, -0.2) is 5.84 Å². The lowest BCUT2D eigenvalue weighted by Gasteiger charge is -1.93. The van der Waals surface area contributed by atoms with Crippen LogP contribution in [0.1, 0.15) is 6.92 Å². The van der Waals surface area contributed by atoms with Gasteiger partial charge in [-0.2, -0.15) is 0 Å². The SMILES string of the molecule is C/C=C\C(=NC)NN. The third kappa shape index (κ3) is 2.36. The van der Waals surface area contributed by atoms with E-state index in [1.807, 2.05) is 13.0 Å². The third-order valence-corrected chi connectivity index (χ3v) is 0.713. The van der Waals surface area contributed by atoms with Crippen LogP contribution in [0, 0.1) is 0 Å². The molecule has 0 saturated heterocycles. The molecule has 0 aliphatic heterocycles. The molecule has 8 heavy (non-hydrogen) atoms. The summed E-state index contributed by atoms with van der Waals surface area (Å²) in [5, 5.41) is 0. The van der Waals surface area contributed by atoms with E-state index >= 15 is 0 Å². The Hall–Kier alpha value is -0.830. The Morgan fingerprint density at radius 3 is 2.50 bits per heavy atom. The van der Waals surface area contributed by atoms with Crippen LogP contribution in [0.4, 0.5) is 0 Å². The standard InChI is InChI=1S/C5H11N3/c1-3-4-5(7-2)8-6/h3-4H,6H2,1-2H3,(H,7,8)/b4-3-. The predicted molar refractivity (Wildman–Crippen MR) is 35.5 cm³/mol. The van der Waals surface area contributed by atoms with Crippen LogP contribution in [0.3, 0.4) is 0 Å². The minimum absolute atomic E-state index is 0.688. The number of nitrogens with two attached hydrogens (primary N) is 1. The van der Waals surface area contributed by atoms with Gasteiger partial charge in [0.25, 0.3) is 0 Å². The van der Waals surface area contributed by atoms with E-state index in [-0.39, 0.29) is 0 Å². The maximum atomic E-state index is 5.04. The van der Waals surface area contributed by atoms with Crippen molar-refractivity contribution in [1.82, 2.24) is 5.43 Å². The topological polar surface area (TPSA) is 50.4 Å². The Balaban J connectivity index is 3.72. The van der Waals surface area contributed by atoms with Gasteiger partial charge in [0.1, 0.15) is 5.84 Å². The van der Waals surface area contributed by atoms with Crippen LogP contribution >= 0.6 is 0 Å². The summed E-state index contributed by atoms with van der Waals surface area (Å²) in [5.74, 6) is 5.72. The van der Waals surface area contributed by atoms with Gasteiger partial charge >= 0.3 is 0 Å². The van der Waals surface area contributed by atoms with E-state index in [1.165, 1.54) is 0 Å². The van der Waals surface area contributed by atoms with Crippen LogP contribution in [0.15, 0.2) is 17.1 Å². The van der Waals surface area contributed by atoms with Crippen LogP contribution in [-0.2, 0) is 0 Å². The number of hydrazine groups is 1. The molecule has 0 aliphatic rings. The van der Waals surface area contributed by atoms with Crippen molar-refractivity contribution in [2.75, 3.05) is 7.05 Å². The molecule has 0 aliphatic carbocycles. The summed E-state index contributed by atoms with van der Waals surface area (Å²) < 4.78 is 0. The molecule has 0 radical (unpaired) electrons. The normalized spacial score (nSPS) is 12.6. The van der Waals surface area contributed by atoms with Crippen molar-refractivity contribution in [2.45, 2.75) is 6.92 Å². The summed E-state index contributed by atoms with van der Waals surface area (Å²) in [4.78, 5) is 3.79. The average molecular weight is 113 g/mol. The highest BCUT2D eigenvalue weighted by Crippen LogP contribution is 1.71. The highest BCUT2D eigenvalue weighted by Gasteiger charge is 1.79. The van der Waals surface area contributed by atoms with Gasteiger partial charge in [-0.1, -0.05) is 6.08 Å². The molecule has 0 saturated carbocycles. The van der Waals surface area contributed by atoms with Gasteiger partial charge in [0, 0.05) is 7.05 Å². The van der Waals surface area contributed by atoms with Crippen LogP contribution < -0.4 is 11.3 Å². The van der Waals surface area contributed by atoms with Gasteiger partial charge in [0.2, 0.25) is 0 Å². The zero-order valence-electron chi connectivity index (χ0n) is 5.18. The maximum Gasteiger partial charge on any atom is 0.134 e. The zero-order valence-corrected chi connectivity index (χ0v) is 5.18. The molecule has 0 aromatic heterocycles. The fourth-order valence-electron chi connectivity index (χ4n) is 0.345. The summed E-state index contributed by atoms with van der Waals surface area (Å²) >= 11 is 0. The van der Waals surface area contributed by atoms with Crippen LogP contribution in [-0.4, -0.2) is 12.9 Å². The van der Waals surface area contributed by atoms with E-state index in [1.54, 1.807) is 13.1 Å². The molecule has 0 spiro atoms. The second-order valence-electron chi connectivity index (χ2n) is 1.25. The minimum Gasteiger partial charge on any atom is -0.309 e. The molecule has 0 atom stereocenters. The molecule has 3 heteroatoms. The molecule has 0 aromatic carbocycles. The van der Waals surface area contributed by atoms with E-state index < -0.39 is 0 Å². The number of aliphatic imine (C=N–C) groups is 1. The molecule has 3 N–H and O–H groups in total. The Kier molecular flexibility index (Phi) is 3.88. The summed E-state index contributed by atoms with van der Waals surface area (Å²) in [5.41, 5.74) is 2.42. The number of nitrogens with one attached hydrogen (secondary N) is 1. The highest BCUT2D eigenvalue weighted by molar-refractivity contribution is 5.92. The second-order valence-corrected chi connectivity index (χ2v) is 1.25. The monoisotopic (exact) mass is 113 g/mol. The average Bonchev–Trinajstić information content (AvgIpc) is 1.83. The molecule has 0 aromatic rings. The van der Waals surface area contributed by atoms with Crippen molar-refractivity contribution >= 4 is 5.84 Å². The van der Waals surface area contributed by atoms with E-state index in [4.69, 9.17) is 5.84 Å². The first-order chi connectivity index (χ1) is 3.85. The summed E-state index contributed by atoms with van der Waals surface area (Å²) in [6.45, 7) is 1.91. The van der Waals surface area contributed by atoms with Gasteiger partial charge in [0.05, 0.1) is 0 Å². The first-order valence-corrected chi connectivity index (χ1v) is 2.41. The van der Waals surface area contributed by atoms with E-state index in [0.717, 1.165) is 0 Å². The zero-order chi connectivity index (χ0) is 6.41. The van der Waals surface area contributed by atoms with Crippen molar-refractivity contribution in [2.24, 2.45) is 10.8 Å². The van der Waals surface area contributed by atoms with E-state index in [0.29, 0.717) is 5.84 Å². The van der Waals surface area contributed by atoms with Crippen molar-refractivity contribution < 1.29 is 0 Å². The molecular weight excluding hydrogens is 102 g/mol. The Labute approximate surface area is 49.3 Å². The van der Waals surface area contributed by atoms with Crippen LogP contribution in [0.5, 0.6) is 0 Å². The Morgan fingerprint density at radius 1 is 1.75 bits per heavy atom. The molecule has 0 heterocycles. The minimum atomic E-state index is 0.688. The van der Waals surface area contributed by atoms with Gasteiger partial charge in [-0.15, -0.1) is 0 Å². The number of allylic oxidation sites excluding steroid dienone is 1. The quantitative estimate of drug-likeness (QED) is 0.218. The summed E-state index contributed by atoms with van der Waals surface area (Å²) in [6, 6.07) is 0. The second kappa shape index (κ2) is 4.33. The maximum absolute atomic E-state index is 5.04. The predicted octanol–water partition coefficient (Wildman–Crippen LogP) is 0.0541. The molecule has 0 amide bonds. The molecule has 0 fully saturated rings. The van der Waals surface area contributed by atoms with Crippen molar-refractivity contribution in [3.63, 3.8) is 0 Å². The van der Waals surface area contributed by atoms with Gasteiger partial charge in [-0.3, -0.25) is 4.99 Å². The van der Waals surface area contributed by atoms with Crippen molar-refractivity contribution in [1.29, 1.82) is 0 Å². The van der Waals surface area contributed by atoms with Gasteiger partial charge in [-0.05, 0) is 13.0 Å². The lowest BCUT2D eigenvalue weighted by molar-refractivity contribution is 1.02. The molecule has 0 bridgehead atoms. The number of rotatable bonds is 1. The molecular formula is C5H11N3. The number of hydrogen-bond acceptors (Lipinski definition) is 2. The third-order valence-electron chi connectivity index (χ3n) is 0.713. The van der Waals surface area contributed by atoms with Crippen molar-refractivity contribution in [3.05, 3.63) is 12.2 Å². The van der Waals surface area contributed by atoms with E-state index in [2.05, 4.69) is 10.4 Å². The highest BCUT2D eigenvalue weighted by atomic mass is 15.2. The number of nitrogens with zero attached hydrogens (tertiary/aromatic N) is 1. The van der Waals surface area contributed by atoms with E-state index in [9.17, 15) is 0 Å². The Bertz CT molecular complexity index is 101. The molecule has 46 valence electrons. The van der Waals surface area contributed by atoms with Crippen LogP contribution in [0.25, 0.3) is 0 Å².